The molecule has 0 saturated carbocycles. The second kappa shape index (κ2) is 15.2. The van der Waals surface area contributed by atoms with Crippen molar-refractivity contribution in [2.75, 3.05) is 46.6 Å². The van der Waals surface area contributed by atoms with E-state index in [4.69, 9.17) is 24.1 Å². The minimum atomic E-state index is -5.08. The van der Waals surface area contributed by atoms with Gasteiger partial charge < -0.3 is 34.4 Å². The summed E-state index contributed by atoms with van der Waals surface area (Å²) in [5.41, 5.74) is 1.93. The fraction of sp³-hybridized carbons (Fsp3) is 0.545. The number of piperazine rings is 1. The van der Waals surface area contributed by atoms with Crippen molar-refractivity contribution in [2.24, 2.45) is 5.41 Å². The minimum Gasteiger partial charge on any atom is -0.497 e. The fourth-order valence-electron chi connectivity index (χ4n) is 5.85. The van der Waals surface area contributed by atoms with Crippen molar-refractivity contribution in [3.05, 3.63) is 53.6 Å². The monoisotopic (exact) mass is 664 g/mol. The smallest absolute Gasteiger partial charge is 0.490 e. The van der Waals surface area contributed by atoms with E-state index in [0.717, 1.165) is 41.5 Å². The van der Waals surface area contributed by atoms with Gasteiger partial charge in [-0.25, -0.2) is 4.79 Å². The van der Waals surface area contributed by atoms with Crippen LogP contribution in [0.15, 0.2) is 42.5 Å². The molecule has 2 N–H and O–H groups in total. The highest BCUT2D eigenvalue weighted by atomic mass is 19.4. The summed E-state index contributed by atoms with van der Waals surface area (Å²) in [6.45, 7) is 11.2. The fourth-order valence-corrected chi connectivity index (χ4v) is 5.85. The summed E-state index contributed by atoms with van der Waals surface area (Å²) in [4.78, 5) is 42.8. The number of benzene rings is 2. The van der Waals surface area contributed by atoms with Crippen LogP contribution in [-0.2, 0) is 27.5 Å². The molecular formula is C33H43F3N4O7. The quantitative estimate of drug-likeness (QED) is 0.433. The Balaban J connectivity index is 0.000000644. The number of carbonyl (C=O) groups excluding carboxylic acids is 2. The minimum absolute atomic E-state index is 0.0908. The molecule has 5 rings (SSSR count). The van der Waals surface area contributed by atoms with E-state index in [1.807, 2.05) is 52.3 Å². The molecule has 0 aliphatic carbocycles. The molecule has 14 heteroatoms. The average Bonchev–Trinajstić information content (AvgIpc) is 3.66. The number of likely N-dealkylation sites (tertiary alicyclic amines) is 1. The van der Waals surface area contributed by atoms with E-state index < -0.39 is 12.1 Å². The Kier molecular flexibility index (Phi) is 11.6. The summed E-state index contributed by atoms with van der Waals surface area (Å²) >= 11 is 0. The van der Waals surface area contributed by atoms with Crippen molar-refractivity contribution in [1.82, 2.24) is 20.0 Å². The zero-order valence-electron chi connectivity index (χ0n) is 27.1. The number of fused-ring (bicyclic) bond motifs is 1. The number of amides is 2. The number of halogens is 3. The molecule has 3 aliphatic heterocycles. The number of hydrogen-bond donors (Lipinski definition) is 2. The number of hydrogen-bond acceptors (Lipinski definition) is 8. The van der Waals surface area contributed by atoms with Crippen LogP contribution in [0.1, 0.15) is 44.7 Å². The molecule has 11 nitrogen and oxygen atoms in total. The van der Waals surface area contributed by atoms with Crippen molar-refractivity contribution in [3.8, 4) is 17.2 Å². The predicted molar refractivity (Wildman–Crippen MR) is 166 cm³/mol. The van der Waals surface area contributed by atoms with Gasteiger partial charge in [0.15, 0.2) is 11.5 Å². The maximum absolute atomic E-state index is 13.9. The lowest BCUT2D eigenvalue weighted by atomic mass is 9.91. The number of carboxylic acids is 1. The van der Waals surface area contributed by atoms with Gasteiger partial charge in [-0.1, -0.05) is 39.0 Å². The maximum atomic E-state index is 13.9. The largest absolute Gasteiger partial charge is 0.497 e. The van der Waals surface area contributed by atoms with Crippen molar-refractivity contribution >= 4 is 17.8 Å². The Morgan fingerprint density at radius 1 is 1.02 bits per heavy atom. The number of aliphatic carboxylic acids is 1. The van der Waals surface area contributed by atoms with Gasteiger partial charge in [0.2, 0.25) is 18.6 Å². The Hall–Kier alpha value is -4.04. The highest BCUT2D eigenvalue weighted by Crippen LogP contribution is 2.35. The SMILES string of the molecule is COc1cccc(CN(C(=O)CC(C)(C)C)[C@@H]2C[C@@H](C(=O)N3CCNCC3)N(Cc3ccc4c(c3)OCO4)C2)c1.O=C(O)C(F)(F)F. The second-order valence-electron chi connectivity index (χ2n) is 13.0. The molecule has 2 aromatic rings. The average molecular weight is 665 g/mol. The van der Waals surface area contributed by atoms with E-state index in [1.54, 1.807) is 7.11 Å². The van der Waals surface area contributed by atoms with Gasteiger partial charge in [-0.05, 0) is 47.2 Å². The summed E-state index contributed by atoms with van der Waals surface area (Å²) in [6, 6.07) is 13.5. The Labute approximate surface area is 272 Å². The molecule has 47 heavy (non-hydrogen) atoms. The second-order valence-corrected chi connectivity index (χ2v) is 13.0. The van der Waals surface area contributed by atoms with E-state index in [1.165, 1.54) is 0 Å². The molecule has 0 unspecified atom stereocenters. The normalized spacial score (nSPS) is 19.5. The van der Waals surface area contributed by atoms with Crippen LogP contribution in [0, 0.1) is 5.41 Å². The lowest BCUT2D eigenvalue weighted by Crippen LogP contribution is -2.52. The molecule has 3 aliphatic rings. The van der Waals surface area contributed by atoms with E-state index >= 15 is 0 Å². The third-order valence-corrected chi connectivity index (χ3v) is 8.09. The van der Waals surface area contributed by atoms with Gasteiger partial charge in [-0.3, -0.25) is 14.5 Å². The van der Waals surface area contributed by atoms with Crippen LogP contribution < -0.4 is 19.5 Å². The van der Waals surface area contributed by atoms with Crippen molar-refractivity contribution in [3.63, 3.8) is 0 Å². The first-order chi connectivity index (χ1) is 22.1. The summed E-state index contributed by atoms with van der Waals surface area (Å²) in [5, 5.41) is 10.5. The molecule has 0 spiro atoms. The third-order valence-electron chi connectivity index (χ3n) is 8.09. The number of rotatable bonds is 8. The van der Waals surface area contributed by atoms with Crippen LogP contribution in [0.5, 0.6) is 17.2 Å². The molecule has 0 radical (unpaired) electrons. The Morgan fingerprint density at radius 2 is 1.70 bits per heavy atom. The maximum Gasteiger partial charge on any atom is 0.490 e. The zero-order valence-corrected chi connectivity index (χ0v) is 27.1. The van der Waals surface area contributed by atoms with E-state index in [0.29, 0.717) is 45.6 Å². The highest BCUT2D eigenvalue weighted by molar-refractivity contribution is 5.83. The molecule has 2 aromatic carbocycles. The standard InChI is InChI=1S/C31H42N4O5.C2HF3O2/c1-31(2,3)17-29(36)35(19-22-6-5-7-25(14-22)38-4)24-16-26(30(37)33-12-10-32-11-13-33)34(20-24)18-23-8-9-27-28(15-23)40-21-39-27;3-2(4,5)1(6)7/h5-9,14-15,24,26,32H,10-13,16-21H2,1-4H3;(H,6,7)/t24-,26+;/m1./s1. The zero-order chi connectivity index (χ0) is 34.4. The molecule has 3 heterocycles. The van der Waals surface area contributed by atoms with Crippen LogP contribution in [-0.4, -0.2) is 102 Å². The first kappa shape index (κ1) is 35.8. The number of methoxy groups -OCH3 is 1. The van der Waals surface area contributed by atoms with Crippen LogP contribution in [0.2, 0.25) is 0 Å². The molecule has 2 saturated heterocycles. The number of nitrogens with zero attached hydrogens (tertiary/aromatic N) is 3. The topological polar surface area (TPSA) is 121 Å². The number of carboxylic acid groups (broad SMARTS) is 1. The lowest BCUT2D eigenvalue weighted by Gasteiger charge is -2.33. The first-order valence-electron chi connectivity index (χ1n) is 15.5. The van der Waals surface area contributed by atoms with Crippen LogP contribution in [0.4, 0.5) is 13.2 Å². The van der Waals surface area contributed by atoms with Crippen molar-refractivity contribution in [2.45, 2.75) is 65.0 Å². The molecule has 2 amide bonds. The Bertz CT molecular complexity index is 1410. The summed E-state index contributed by atoms with van der Waals surface area (Å²) < 4.78 is 48.3. The van der Waals surface area contributed by atoms with Crippen molar-refractivity contribution < 1.29 is 46.9 Å². The number of nitrogens with one attached hydrogen (secondary N) is 1. The van der Waals surface area contributed by atoms with Gasteiger partial charge >= 0.3 is 12.1 Å². The number of carbonyl (C=O) groups is 3. The van der Waals surface area contributed by atoms with E-state index in [9.17, 15) is 22.8 Å². The van der Waals surface area contributed by atoms with Gasteiger partial charge in [-0.15, -0.1) is 0 Å². The molecule has 2 atom stereocenters. The summed E-state index contributed by atoms with van der Waals surface area (Å²) in [6.07, 6.45) is -4.04. The van der Waals surface area contributed by atoms with E-state index in [-0.39, 0.29) is 36.1 Å². The van der Waals surface area contributed by atoms with Crippen LogP contribution >= 0.6 is 0 Å². The van der Waals surface area contributed by atoms with Gasteiger partial charge in [-0.2, -0.15) is 13.2 Å². The van der Waals surface area contributed by atoms with Crippen LogP contribution in [0.25, 0.3) is 0 Å². The van der Waals surface area contributed by atoms with Gasteiger partial charge in [0.1, 0.15) is 5.75 Å². The van der Waals surface area contributed by atoms with Crippen molar-refractivity contribution in [1.29, 1.82) is 0 Å². The van der Waals surface area contributed by atoms with Gasteiger partial charge in [0, 0.05) is 58.3 Å². The van der Waals surface area contributed by atoms with Gasteiger partial charge in [0.05, 0.1) is 13.2 Å². The third kappa shape index (κ3) is 9.97. The molecular weight excluding hydrogens is 621 g/mol. The molecule has 0 aromatic heterocycles. The van der Waals surface area contributed by atoms with Crippen LogP contribution in [0.3, 0.4) is 0 Å². The van der Waals surface area contributed by atoms with E-state index in [2.05, 4.69) is 31.0 Å². The molecule has 0 bridgehead atoms. The predicted octanol–water partition coefficient (Wildman–Crippen LogP) is 3.90. The number of alkyl halides is 3. The number of ether oxygens (including phenoxy) is 3. The van der Waals surface area contributed by atoms with Gasteiger partial charge in [0.25, 0.3) is 0 Å². The summed E-state index contributed by atoms with van der Waals surface area (Å²) in [5.74, 6) is -0.254. The molecule has 2 fully saturated rings. The lowest BCUT2D eigenvalue weighted by molar-refractivity contribution is -0.192. The summed E-state index contributed by atoms with van der Waals surface area (Å²) in [7, 11) is 1.65. The highest BCUT2D eigenvalue weighted by Gasteiger charge is 2.43. The Morgan fingerprint density at radius 3 is 2.34 bits per heavy atom. The molecule has 258 valence electrons. The first-order valence-corrected chi connectivity index (χ1v) is 15.5.